The molecule has 1 aromatic heterocycles. The number of para-hydroxylation sites is 1. The van der Waals surface area contributed by atoms with Crippen LogP contribution in [-0.2, 0) is 0 Å². The Morgan fingerprint density at radius 3 is 3.05 bits per heavy atom. The number of thioether (sulfide) groups is 1. The van der Waals surface area contributed by atoms with Crippen LogP contribution in [0.25, 0.3) is 10.9 Å². The molecule has 1 aromatic carbocycles. The molecule has 2 aromatic rings. The number of aromatic nitrogens is 1. The van der Waals surface area contributed by atoms with Gasteiger partial charge in [-0.15, -0.1) is 0 Å². The smallest absolute Gasteiger partial charge is 0.0750 e. The monoisotopic (exact) mass is 272 g/mol. The Labute approximate surface area is 119 Å². The number of hydrogen-bond acceptors (Lipinski definition) is 3. The molecule has 0 radical (unpaired) electrons. The van der Waals surface area contributed by atoms with Gasteiger partial charge in [-0.3, -0.25) is 4.98 Å². The van der Waals surface area contributed by atoms with Gasteiger partial charge in [-0.25, -0.2) is 0 Å². The molecule has 1 fully saturated rings. The topological polar surface area (TPSA) is 24.9 Å². The number of pyridine rings is 1. The van der Waals surface area contributed by atoms with Gasteiger partial charge in [0.1, 0.15) is 0 Å². The van der Waals surface area contributed by atoms with Gasteiger partial charge >= 0.3 is 0 Å². The first-order valence-corrected chi connectivity index (χ1v) is 8.13. The summed E-state index contributed by atoms with van der Waals surface area (Å²) in [7, 11) is 0. The maximum Gasteiger partial charge on any atom is 0.0750 e. The van der Waals surface area contributed by atoms with E-state index < -0.39 is 0 Å². The van der Waals surface area contributed by atoms with Crippen LogP contribution in [0.4, 0.5) is 0 Å². The third-order valence-electron chi connectivity index (χ3n) is 3.76. The standard InChI is InChI=1S/C16H20N2S/c1-2-17-16(14-9-5-11-19-14)13-8-3-6-12-7-4-10-18-15(12)13/h3-4,6-8,10,14,16-17H,2,5,9,11H2,1H3. The Bertz CT molecular complexity index is 544. The lowest BCUT2D eigenvalue weighted by molar-refractivity contribution is 0.521. The van der Waals surface area contributed by atoms with Crippen molar-refractivity contribution < 1.29 is 0 Å². The molecule has 3 heteroatoms. The Balaban J connectivity index is 2.03. The Morgan fingerprint density at radius 2 is 2.26 bits per heavy atom. The average molecular weight is 272 g/mol. The molecule has 0 spiro atoms. The lowest BCUT2D eigenvalue weighted by Gasteiger charge is -2.25. The van der Waals surface area contributed by atoms with Crippen LogP contribution in [-0.4, -0.2) is 22.5 Å². The summed E-state index contributed by atoms with van der Waals surface area (Å²) in [4.78, 5) is 4.61. The van der Waals surface area contributed by atoms with E-state index in [2.05, 4.69) is 53.3 Å². The molecule has 0 saturated carbocycles. The molecule has 0 bridgehead atoms. The summed E-state index contributed by atoms with van der Waals surface area (Å²) in [5.74, 6) is 1.30. The number of fused-ring (bicyclic) bond motifs is 1. The maximum atomic E-state index is 4.61. The SMILES string of the molecule is CCNC(c1cccc2cccnc12)C1CCCS1. The molecule has 19 heavy (non-hydrogen) atoms. The molecule has 1 N–H and O–H groups in total. The highest BCUT2D eigenvalue weighted by molar-refractivity contribution is 8.00. The molecule has 2 heterocycles. The number of rotatable bonds is 4. The normalized spacial score (nSPS) is 20.8. The highest BCUT2D eigenvalue weighted by Gasteiger charge is 2.27. The first-order valence-electron chi connectivity index (χ1n) is 7.09. The predicted octanol–water partition coefficient (Wildman–Crippen LogP) is 3.78. The van der Waals surface area contributed by atoms with E-state index in [0.717, 1.165) is 12.1 Å². The highest BCUT2D eigenvalue weighted by atomic mass is 32.2. The van der Waals surface area contributed by atoms with Gasteiger partial charge in [-0.2, -0.15) is 11.8 Å². The third-order valence-corrected chi connectivity index (χ3v) is 5.22. The lowest BCUT2D eigenvalue weighted by atomic mass is 9.98. The minimum Gasteiger partial charge on any atom is -0.309 e. The second-order valence-electron chi connectivity index (χ2n) is 5.01. The minimum absolute atomic E-state index is 0.427. The second kappa shape index (κ2) is 5.93. The molecular formula is C16H20N2S. The van der Waals surface area contributed by atoms with Crippen molar-refractivity contribution in [1.82, 2.24) is 10.3 Å². The Morgan fingerprint density at radius 1 is 1.37 bits per heavy atom. The van der Waals surface area contributed by atoms with Crippen LogP contribution >= 0.6 is 11.8 Å². The predicted molar refractivity (Wildman–Crippen MR) is 83.6 cm³/mol. The number of benzene rings is 1. The van der Waals surface area contributed by atoms with Gasteiger partial charge in [0, 0.05) is 22.9 Å². The summed E-state index contributed by atoms with van der Waals surface area (Å²) in [6.45, 7) is 3.19. The van der Waals surface area contributed by atoms with E-state index in [-0.39, 0.29) is 0 Å². The van der Waals surface area contributed by atoms with E-state index in [1.165, 1.54) is 29.5 Å². The van der Waals surface area contributed by atoms with E-state index in [1.54, 1.807) is 0 Å². The quantitative estimate of drug-likeness (QED) is 0.917. The molecular weight excluding hydrogens is 252 g/mol. The first-order chi connectivity index (χ1) is 9.40. The second-order valence-corrected chi connectivity index (χ2v) is 6.36. The molecule has 3 rings (SSSR count). The van der Waals surface area contributed by atoms with Crippen LogP contribution in [0.1, 0.15) is 31.4 Å². The van der Waals surface area contributed by atoms with Crippen molar-refractivity contribution in [3.8, 4) is 0 Å². The third kappa shape index (κ3) is 2.63. The zero-order valence-corrected chi connectivity index (χ0v) is 12.1. The first kappa shape index (κ1) is 12.9. The van der Waals surface area contributed by atoms with Crippen LogP contribution in [0.5, 0.6) is 0 Å². The van der Waals surface area contributed by atoms with E-state index in [0.29, 0.717) is 11.3 Å². The molecule has 1 aliphatic heterocycles. The zero-order valence-electron chi connectivity index (χ0n) is 11.3. The molecule has 100 valence electrons. The summed E-state index contributed by atoms with van der Waals surface area (Å²) in [5, 5.41) is 5.60. The van der Waals surface area contributed by atoms with Crippen molar-refractivity contribution in [3.63, 3.8) is 0 Å². The van der Waals surface area contributed by atoms with Gasteiger partial charge in [0.25, 0.3) is 0 Å². The minimum atomic E-state index is 0.427. The number of nitrogens with zero attached hydrogens (tertiary/aromatic N) is 1. The molecule has 2 atom stereocenters. The highest BCUT2D eigenvalue weighted by Crippen LogP contribution is 2.37. The average Bonchev–Trinajstić information content (AvgIpc) is 2.98. The van der Waals surface area contributed by atoms with Crippen molar-refractivity contribution in [3.05, 3.63) is 42.1 Å². The Hall–Kier alpha value is -1.06. The van der Waals surface area contributed by atoms with Gasteiger partial charge in [0.15, 0.2) is 0 Å². The fraction of sp³-hybridized carbons (Fsp3) is 0.438. The summed E-state index contributed by atoms with van der Waals surface area (Å²) < 4.78 is 0. The largest absolute Gasteiger partial charge is 0.309 e. The molecule has 2 nitrogen and oxygen atoms in total. The van der Waals surface area contributed by atoms with Gasteiger partial charge in [-0.05, 0) is 36.8 Å². The number of nitrogens with one attached hydrogen (secondary N) is 1. The molecule has 0 aliphatic carbocycles. The summed E-state index contributed by atoms with van der Waals surface area (Å²) in [5.41, 5.74) is 2.52. The number of hydrogen-bond donors (Lipinski definition) is 1. The van der Waals surface area contributed by atoms with Crippen molar-refractivity contribution in [2.75, 3.05) is 12.3 Å². The molecule has 1 saturated heterocycles. The fourth-order valence-corrected chi connectivity index (χ4v) is 4.31. The van der Waals surface area contributed by atoms with Crippen LogP contribution in [0.15, 0.2) is 36.5 Å². The molecule has 1 aliphatic rings. The van der Waals surface area contributed by atoms with E-state index >= 15 is 0 Å². The summed E-state index contributed by atoms with van der Waals surface area (Å²) in [6.07, 6.45) is 4.55. The Kier molecular flexibility index (Phi) is 4.04. The van der Waals surface area contributed by atoms with Gasteiger partial charge in [0.2, 0.25) is 0 Å². The molecule has 2 unspecified atom stereocenters. The lowest BCUT2D eigenvalue weighted by Crippen LogP contribution is -2.29. The molecule has 0 amide bonds. The van der Waals surface area contributed by atoms with Gasteiger partial charge in [0.05, 0.1) is 5.52 Å². The van der Waals surface area contributed by atoms with Crippen molar-refractivity contribution in [2.45, 2.75) is 31.1 Å². The van der Waals surface area contributed by atoms with Gasteiger partial charge < -0.3 is 5.32 Å². The maximum absolute atomic E-state index is 4.61. The van der Waals surface area contributed by atoms with Crippen LogP contribution in [0, 0.1) is 0 Å². The van der Waals surface area contributed by atoms with Crippen LogP contribution in [0.3, 0.4) is 0 Å². The van der Waals surface area contributed by atoms with E-state index in [1.807, 2.05) is 12.3 Å². The van der Waals surface area contributed by atoms with Crippen molar-refractivity contribution >= 4 is 22.7 Å². The summed E-state index contributed by atoms with van der Waals surface area (Å²) >= 11 is 2.10. The van der Waals surface area contributed by atoms with Crippen LogP contribution < -0.4 is 5.32 Å². The fourth-order valence-electron chi connectivity index (χ4n) is 2.91. The van der Waals surface area contributed by atoms with Gasteiger partial charge in [-0.1, -0.05) is 31.2 Å². The zero-order chi connectivity index (χ0) is 13.1. The van der Waals surface area contributed by atoms with Crippen molar-refractivity contribution in [1.29, 1.82) is 0 Å². The van der Waals surface area contributed by atoms with Crippen molar-refractivity contribution in [2.24, 2.45) is 0 Å². The van der Waals surface area contributed by atoms with Crippen LogP contribution in [0.2, 0.25) is 0 Å². The summed E-state index contributed by atoms with van der Waals surface area (Å²) in [6, 6.07) is 11.1. The van der Waals surface area contributed by atoms with E-state index in [9.17, 15) is 0 Å². The van der Waals surface area contributed by atoms with E-state index in [4.69, 9.17) is 0 Å².